The summed E-state index contributed by atoms with van der Waals surface area (Å²) in [6.45, 7) is 4.61. The van der Waals surface area contributed by atoms with Gasteiger partial charge in [0.05, 0.1) is 17.9 Å². The molecule has 0 N–H and O–H groups in total. The van der Waals surface area contributed by atoms with E-state index in [1.807, 2.05) is 44.3 Å². The van der Waals surface area contributed by atoms with E-state index in [9.17, 15) is 0 Å². The number of rotatable bonds is 4. The molecule has 0 aliphatic heterocycles. The molecule has 1 heterocycles. The first kappa shape index (κ1) is 13.0. The molecule has 1 aromatic heterocycles. The van der Waals surface area contributed by atoms with Gasteiger partial charge in [-0.1, -0.05) is 28.1 Å². The summed E-state index contributed by atoms with van der Waals surface area (Å²) in [6, 6.07) is 7.84. The van der Waals surface area contributed by atoms with Gasteiger partial charge in [0.2, 0.25) is 0 Å². The molecule has 1 aromatic carbocycles. The Balaban J connectivity index is 2.48. The molecule has 0 bridgehead atoms. The molecule has 0 amide bonds. The summed E-state index contributed by atoms with van der Waals surface area (Å²) in [5.74, 6) is 1.53. The van der Waals surface area contributed by atoms with E-state index in [0.29, 0.717) is 12.4 Å². The van der Waals surface area contributed by atoms with Gasteiger partial charge in [-0.2, -0.15) is 0 Å². The summed E-state index contributed by atoms with van der Waals surface area (Å²) in [5.41, 5.74) is 3.03. The number of hydrogen-bond acceptors (Lipinski definition) is 3. The topological polar surface area (TPSA) is 35.0 Å². The maximum absolute atomic E-state index is 5.60. The fourth-order valence-corrected chi connectivity index (χ4v) is 2.24. The first-order valence-electron chi connectivity index (χ1n) is 5.87. The third-order valence-corrected chi connectivity index (χ3v) is 3.16. The molecule has 0 aliphatic rings. The zero-order valence-electron chi connectivity index (χ0n) is 10.5. The largest absolute Gasteiger partial charge is 0.493 e. The SMILES string of the molecule is CCOc1ccccc1-c1ncc(C)c(CBr)n1. The monoisotopic (exact) mass is 306 g/mol. The number of aromatic nitrogens is 2. The quantitative estimate of drug-likeness (QED) is 0.807. The fourth-order valence-electron chi connectivity index (χ4n) is 1.68. The van der Waals surface area contributed by atoms with Crippen LogP contribution in [0.5, 0.6) is 5.75 Å². The van der Waals surface area contributed by atoms with Gasteiger partial charge in [-0.05, 0) is 31.5 Å². The van der Waals surface area contributed by atoms with Crippen LogP contribution in [0.1, 0.15) is 18.2 Å². The summed E-state index contributed by atoms with van der Waals surface area (Å²) in [6.07, 6.45) is 1.85. The highest BCUT2D eigenvalue weighted by atomic mass is 79.9. The van der Waals surface area contributed by atoms with Crippen molar-refractivity contribution in [2.45, 2.75) is 19.2 Å². The van der Waals surface area contributed by atoms with Gasteiger partial charge < -0.3 is 4.74 Å². The molecule has 0 atom stereocenters. The first-order chi connectivity index (χ1) is 8.76. The number of nitrogens with zero attached hydrogens (tertiary/aromatic N) is 2. The molecular weight excluding hydrogens is 292 g/mol. The van der Waals surface area contributed by atoms with Crippen molar-refractivity contribution in [1.82, 2.24) is 9.97 Å². The van der Waals surface area contributed by atoms with E-state index in [-0.39, 0.29) is 0 Å². The van der Waals surface area contributed by atoms with Gasteiger partial charge in [-0.3, -0.25) is 0 Å². The molecule has 0 unspecified atom stereocenters. The second-order valence-electron chi connectivity index (χ2n) is 3.89. The molecule has 0 aliphatic carbocycles. The lowest BCUT2D eigenvalue weighted by atomic mass is 10.1. The van der Waals surface area contributed by atoms with Crippen LogP contribution in [0.4, 0.5) is 0 Å². The van der Waals surface area contributed by atoms with Crippen LogP contribution in [0.2, 0.25) is 0 Å². The molecule has 0 radical (unpaired) electrons. The Hall–Kier alpha value is -1.42. The van der Waals surface area contributed by atoms with Crippen molar-refractivity contribution in [1.29, 1.82) is 0 Å². The fraction of sp³-hybridized carbons (Fsp3) is 0.286. The summed E-state index contributed by atoms with van der Waals surface area (Å²) < 4.78 is 5.60. The summed E-state index contributed by atoms with van der Waals surface area (Å²) in [7, 11) is 0. The molecule has 4 heteroatoms. The number of aryl methyl sites for hydroxylation is 1. The predicted molar refractivity (Wildman–Crippen MR) is 76.0 cm³/mol. The van der Waals surface area contributed by atoms with E-state index in [1.54, 1.807) is 0 Å². The van der Waals surface area contributed by atoms with Crippen LogP contribution < -0.4 is 4.74 Å². The van der Waals surface area contributed by atoms with Gasteiger partial charge in [0, 0.05) is 11.5 Å². The van der Waals surface area contributed by atoms with Crippen molar-refractivity contribution in [3.05, 3.63) is 41.7 Å². The maximum atomic E-state index is 5.60. The molecule has 0 saturated heterocycles. The van der Waals surface area contributed by atoms with Crippen molar-refractivity contribution in [2.75, 3.05) is 6.61 Å². The third kappa shape index (κ3) is 2.70. The van der Waals surface area contributed by atoms with Crippen LogP contribution in [0.3, 0.4) is 0 Å². The van der Waals surface area contributed by atoms with Crippen molar-refractivity contribution in [3.8, 4) is 17.1 Å². The van der Waals surface area contributed by atoms with Crippen molar-refractivity contribution in [3.63, 3.8) is 0 Å². The van der Waals surface area contributed by atoms with Crippen molar-refractivity contribution in [2.24, 2.45) is 0 Å². The average Bonchev–Trinajstić information content (AvgIpc) is 2.40. The number of benzene rings is 1. The molecule has 0 saturated carbocycles. The van der Waals surface area contributed by atoms with Crippen LogP contribution in [0.15, 0.2) is 30.5 Å². The Morgan fingerprint density at radius 1 is 1.28 bits per heavy atom. The first-order valence-corrected chi connectivity index (χ1v) is 6.99. The molecule has 94 valence electrons. The maximum Gasteiger partial charge on any atom is 0.163 e. The van der Waals surface area contributed by atoms with E-state index in [0.717, 1.165) is 27.9 Å². The van der Waals surface area contributed by atoms with Crippen molar-refractivity contribution < 1.29 is 4.74 Å². The zero-order chi connectivity index (χ0) is 13.0. The van der Waals surface area contributed by atoms with E-state index in [2.05, 4.69) is 25.9 Å². The Morgan fingerprint density at radius 2 is 2.06 bits per heavy atom. The predicted octanol–water partition coefficient (Wildman–Crippen LogP) is 3.75. The Bertz CT molecular complexity index is 543. The van der Waals surface area contributed by atoms with Gasteiger partial charge in [0.15, 0.2) is 5.82 Å². The third-order valence-electron chi connectivity index (χ3n) is 2.63. The average molecular weight is 307 g/mol. The minimum atomic E-state index is 0.633. The summed E-state index contributed by atoms with van der Waals surface area (Å²) in [5, 5.41) is 0.727. The number of halogens is 1. The standard InChI is InChI=1S/C14H15BrN2O/c1-3-18-13-7-5-4-6-11(13)14-16-9-10(2)12(8-15)17-14/h4-7,9H,3,8H2,1-2H3. The Kier molecular flexibility index (Phi) is 4.31. The minimum Gasteiger partial charge on any atom is -0.493 e. The van der Waals surface area contributed by atoms with Gasteiger partial charge in [-0.25, -0.2) is 9.97 Å². The van der Waals surface area contributed by atoms with E-state index < -0.39 is 0 Å². The lowest BCUT2D eigenvalue weighted by molar-refractivity contribution is 0.341. The molecule has 3 nitrogen and oxygen atoms in total. The number of hydrogen-bond donors (Lipinski definition) is 0. The second-order valence-corrected chi connectivity index (χ2v) is 4.45. The van der Waals surface area contributed by atoms with Gasteiger partial charge in [0.25, 0.3) is 0 Å². The second kappa shape index (κ2) is 5.96. The zero-order valence-corrected chi connectivity index (χ0v) is 12.1. The highest BCUT2D eigenvalue weighted by Crippen LogP contribution is 2.27. The van der Waals surface area contributed by atoms with E-state index >= 15 is 0 Å². The van der Waals surface area contributed by atoms with Gasteiger partial charge in [-0.15, -0.1) is 0 Å². The Labute approximate surface area is 115 Å². The molecule has 2 rings (SSSR count). The van der Waals surface area contributed by atoms with E-state index in [4.69, 9.17) is 4.74 Å². The lowest BCUT2D eigenvalue weighted by Gasteiger charge is -2.10. The summed E-state index contributed by atoms with van der Waals surface area (Å²) >= 11 is 3.44. The molecule has 18 heavy (non-hydrogen) atoms. The number of alkyl halides is 1. The van der Waals surface area contributed by atoms with Crippen LogP contribution in [0, 0.1) is 6.92 Å². The van der Waals surface area contributed by atoms with E-state index in [1.165, 1.54) is 0 Å². The molecule has 0 fully saturated rings. The minimum absolute atomic E-state index is 0.633. The molecule has 2 aromatic rings. The Morgan fingerprint density at radius 3 is 2.78 bits per heavy atom. The molecular formula is C14H15BrN2O. The highest BCUT2D eigenvalue weighted by Gasteiger charge is 2.10. The lowest BCUT2D eigenvalue weighted by Crippen LogP contribution is -1.99. The van der Waals surface area contributed by atoms with Crippen LogP contribution >= 0.6 is 15.9 Å². The van der Waals surface area contributed by atoms with Crippen LogP contribution in [-0.2, 0) is 5.33 Å². The molecule has 0 spiro atoms. The number of ether oxygens (including phenoxy) is 1. The smallest absolute Gasteiger partial charge is 0.163 e. The van der Waals surface area contributed by atoms with Gasteiger partial charge >= 0.3 is 0 Å². The van der Waals surface area contributed by atoms with Crippen LogP contribution in [-0.4, -0.2) is 16.6 Å². The summed E-state index contributed by atoms with van der Waals surface area (Å²) in [4.78, 5) is 8.95. The highest BCUT2D eigenvalue weighted by molar-refractivity contribution is 9.08. The van der Waals surface area contributed by atoms with Crippen molar-refractivity contribution >= 4 is 15.9 Å². The normalized spacial score (nSPS) is 10.4. The van der Waals surface area contributed by atoms with Gasteiger partial charge in [0.1, 0.15) is 5.75 Å². The van der Waals surface area contributed by atoms with Crippen LogP contribution in [0.25, 0.3) is 11.4 Å². The number of para-hydroxylation sites is 1.